The smallest absolute Gasteiger partial charge is 0.0208 e. The molecule has 0 saturated heterocycles. The molecular formula is C12H17N. The van der Waals surface area contributed by atoms with E-state index in [9.17, 15) is 0 Å². The van der Waals surface area contributed by atoms with E-state index in [2.05, 4.69) is 44.3 Å². The van der Waals surface area contributed by atoms with Crippen molar-refractivity contribution in [3.63, 3.8) is 0 Å². The third-order valence-electron chi connectivity index (χ3n) is 2.92. The molecule has 0 amide bonds. The lowest BCUT2D eigenvalue weighted by Gasteiger charge is -2.34. The van der Waals surface area contributed by atoms with E-state index in [4.69, 9.17) is 0 Å². The second kappa shape index (κ2) is 2.85. The molecule has 1 N–H and O–H groups in total. The molecule has 0 fully saturated rings. The third kappa shape index (κ3) is 1.37. The number of fused-ring (bicyclic) bond motifs is 1. The first-order valence-electron chi connectivity index (χ1n) is 4.91. The van der Waals surface area contributed by atoms with Gasteiger partial charge in [-0.05, 0) is 23.6 Å². The molecule has 1 heterocycles. The average molecular weight is 175 g/mol. The molecule has 1 aliphatic heterocycles. The Hall–Kier alpha value is -0.820. The molecule has 0 atom stereocenters. The Morgan fingerprint density at radius 2 is 2.08 bits per heavy atom. The second-order valence-electron chi connectivity index (χ2n) is 4.60. The highest BCUT2D eigenvalue weighted by Gasteiger charge is 2.27. The van der Waals surface area contributed by atoms with Crippen LogP contribution in [0.5, 0.6) is 0 Å². The summed E-state index contributed by atoms with van der Waals surface area (Å²) in [5.41, 5.74) is 4.74. The molecule has 0 aromatic heterocycles. The van der Waals surface area contributed by atoms with E-state index in [1.54, 1.807) is 5.56 Å². The first-order valence-corrected chi connectivity index (χ1v) is 4.91. The summed E-state index contributed by atoms with van der Waals surface area (Å²) >= 11 is 0. The summed E-state index contributed by atoms with van der Waals surface area (Å²) in [5, 5.41) is 3.46. The maximum atomic E-state index is 3.46. The lowest BCUT2D eigenvalue weighted by atomic mass is 9.77. The normalized spacial score (nSPS) is 19.6. The monoisotopic (exact) mass is 175 g/mol. The third-order valence-corrected chi connectivity index (χ3v) is 2.92. The summed E-state index contributed by atoms with van der Waals surface area (Å²) in [4.78, 5) is 0. The highest BCUT2D eigenvalue weighted by atomic mass is 14.9. The quantitative estimate of drug-likeness (QED) is 0.638. The minimum Gasteiger partial charge on any atom is -0.312 e. The highest BCUT2D eigenvalue weighted by molar-refractivity contribution is 5.41. The molecule has 0 spiro atoms. The lowest BCUT2D eigenvalue weighted by molar-refractivity contribution is 0.432. The van der Waals surface area contributed by atoms with Gasteiger partial charge in [0.05, 0.1) is 0 Å². The summed E-state index contributed by atoms with van der Waals surface area (Å²) in [6.45, 7) is 8.95. The number of benzene rings is 1. The Bertz CT molecular complexity index is 326. The van der Waals surface area contributed by atoms with Crippen molar-refractivity contribution in [1.82, 2.24) is 5.32 Å². The number of hydrogen-bond acceptors (Lipinski definition) is 1. The Morgan fingerprint density at radius 1 is 1.31 bits per heavy atom. The zero-order valence-corrected chi connectivity index (χ0v) is 8.65. The predicted molar refractivity (Wildman–Crippen MR) is 55.9 cm³/mol. The van der Waals surface area contributed by atoms with Crippen LogP contribution in [-0.4, -0.2) is 6.54 Å². The minimum absolute atomic E-state index is 0.291. The van der Waals surface area contributed by atoms with Crippen molar-refractivity contribution in [1.29, 1.82) is 0 Å². The van der Waals surface area contributed by atoms with Gasteiger partial charge in [0.25, 0.3) is 0 Å². The molecule has 1 aliphatic rings. The van der Waals surface area contributed by atoms with Crippen molar-refractivity contribution in [2.45, 2.75) is 32.7 Å². The molecule has 2 rings (SSSR count). The van der Waals surface area contributed by atoms with Crippen LogP contribution in [0.25, 0.3) is 0 Å². The van der Waals surface area contributed by atoms with Crippen molar-refractivity contribution < 1.29 is 0 Å². The van der Waals surface area contributed by atoms with Crippen LogP contribution in [0.4, 0.5) is 0 Å². The summed E-state index contributed by atoms with van der Waals surface area (Å²) in [7, 11) is 0. The van der Waals surface area contributed by atoms with Gasteiger partial charge in [0.1, 0.15) is 0 Å². The van der Waals surface area contributed by atoms with Crippen LogP contribution < -0.4 is 5.32 Å². The van der Waals surface area contributed by atoms with E-state index in [1.807, 2.05) is 0 Å². The van der Waals surface area contributed by atoms with E-state index in [0.29, 0.717) is 5.41 Å². The zero-order chi connectivity index (χ0) is 9.47. The molecule has 13 heavy (non-hydrogen) atoms. The van der Waals surface area contributed by atoms with Crippen molar-refractivity contribution in [3.05, 3.63) is 34.9 Å². The van der Waals surface area contributed by atoms with Crippen LogP contribution >= 0.6 is 0 Å². The highest BCUT2D eigenvalue weighted by Crippen LogP contribution is 2.31. The summed E-state index contributed by atoms with van der Waals surface area (Å²) in [6.07, 6.45) is 0. The molecule has 1 nitrogen and oxygen atoms in total. The number of aryl methyl sites for hydroxylation is 1. The molecule has 0 radical (unpaired) electrons. The maximum Gasteiger partial charge on any atom is 0.0208 e. The van der Waals surface area contributed by atoms with Crippen LogP contribution in [0.2, 0.25) is 0 Å². The Morgan fingerprint density at radius 3 is 2.77 bits per heavy atom. The Labute approximate surface area is 80.2 Å². The van der Waals surface area contributed by atoms with Gasteiger partial charge >= 0.3 is 0 Å². The largest absolute Gasteiger partial charge is 0.312 e. The fourth-order valence-corrected chi connectivity index (χ4v) is 2.44. The number of rotatable bonds is 0. The molecule has 0 saturated carbocycles. The molecule has 1 heteroatoms. The molecule has 0 unspecified atom stereocenters. The van der Waals surface area contributed by atoms with E-state index < -0.39 is 0 Å². The van der Waals surface area contributed by atoms with Crippen molar-refractivity contribution in [2.75, 3.05) is 6.54 Å². The van der Waals surface area contributed by atoms with Gasteiger partial charge < -0.3 is 5.32 Å². The first-order chi connectivity index (χ1) is 6.11. The summed E-state index contributed by atoms with van der Waals surface area (Å²) in [6, 6.07) is 6.60. The zero-order valence-electron chi connectivity index (χ0n) is 8.65. The van der Waals surface area contributed by atoms with Crippen molar-refractivity contribution >= 4 is 0 Å². The van der Waals surface area contributed by atoms with E-state index in [1.165, 1.54) is 11.1 Å². The average Bonchev–Trinajstić information content (AvgIpc) is 2.02. The molecular weight excluding hydrogens is 158 g/mol. The van der Waals surface area contributed by atoms with Crippen LogP contribution in [0.15, 0.2) is 18.2 Å². The molecule has 0 bridgehead atoms. The van der Waals surface area contributed by atoms with Crippen LogP contribution in [-0.2, 0) is 12.0 Å². The number of hydrogen-bond donors (Lipinski definition) is 1. The van der Waals surface area contributed by atoms with E-state index >= 15 is 0 Å². The second-order valence-corrected chi connectivity index (χ2v) is 4.60. The van der Waals surface area contributed by atoms with Gasteiger partial charge in [0.15, 0.2) is 0 Å². The SMILES string of the molecule is Cc1cccc2c1C(C)(C)CNC2. The summed E-state index contributed by atoms with van der Waals surface area (Å²) < 4.78 is 0. The fourth-order valence-electron chi connectivity index (χ4n) is 2.44. The van der Waals surface area contributed by atoms with Crippen LogP contribution in [0, 0.1) is 6.92 Å². The van der Waals surface area contributed by atoms with Gasteiger partial charge in [-0.2, -0.15) is 0 Å². The van der Waals surface area contributed by atoms with Gasteiger partial charge in [-0.15, -0.1) is 0 Å². The molecule has 1 aromatic carbocycles. The summed E-state index contributed by atoms with van der Waals surface area (Å²) in [5.74, 6) is 0. The number of nitrogens with one attached hydrogen (secondary N) is 1. The lowest BCUT2D eigenvalue weighted by Crippen LogP contribution is -2.39. The van der Waals surface area contributed by atoms with Gasteiger partial charge in [0, 0.05) is 18.5 Å². The van der Waals surface area contributed by atoms with Crippen LogP contribution in [0.3, 0.4) is 0 Å². The minimum atomic E-state index is 0.291. The van der Waals surface area contributed by atoms with Crippen molar-refractivity contribution in [2.24, 2.45) is 0 Å². The van der Waals surface area contributed by atoms with Crippen molar-refractivity contribution in [3.8, 4) is 0 Å². The van der Waals surface area contributed by atoms with Crippen LogP contribution in [0.1, 0.15) is 30.5 Å². The van der Waals surface area contributed by atoms with E-state index in [0.717, 1.165) is 13.1 Å². The molecule has 0 aliphatic carbocycles. The van der Waals surface area contributed by atoms with Gasteiger partial charge in [-0.25, -0.2) is 0 Å². The Kier molecular flexibility index (Phi) is 1.92. The standard InChI is InChI=1S/C12H17N/c1-9-5-4-6-10-7-13-8-12(2,3)11(9)10/h4-6,13H,7-8H2,1-3H3. The van der Waals surface area contributed by atoms with Gasteiger partial charge in [-0.1, -0.05) is 32.0 Å². The maximum absolute atomic E-state index is 3.46. The Balaban J connectivity index is 2.61. The first kappa shape index (κ1) is 8.76. The topological polar surface area (TPSA) is 12.0 Å². The van der Waals surface area contributed by atoms with Gasteiger partial charge in [0.2, 0.25) is 0 Å². The predicted octanol–water partition coefficient (Wildman–Crippen LogP) is 2.38. The van der Waals surface area contributed by atoms with E-state index in [-0.39, 0.29) is 0 Å². The molecule has 1 aromatic rings. The fraction of sp³-hybridized carbons (Fsp3) is 0.500. The molecule has 70 valence electrons. The van der Waals surface area contributed by atoms with Gasteiger partial charge in [-0.3, -0.25) is 0 Å².